The van der Waals surface area contributed by atoms with Crippen LogP contribution in [0.15, 0.2) is 24.4 Å². The molecule has 4 heterocycles. The maximum absolute atomic E-state index is 12.5. The van der Waals surface area contributed by atoms with Gasteiger partial charge in [-0.3, -0.25) is 9.78 Å². The van der Waals surface area contributed by atoms with Gasteiger partial charge >= 0.3 is 0 Å². The van der Waals surface area contributed by atoms with Gasteiger partial charge in [0.05, 0.1) is 0 Å². The van der Waals surface area contributed by atoms with Crippen LogP contribution in [-0.4, -0.2) is 52.2 Å². The molecule has 2 aromatic heterocycles. The lowest BCUT2D eigenvalue weighted by atomic mass is 9.72. The number of nitrogens with zero attached hydrogens (tertiary/aromatic N) is 5. The molecule has 2 saturated heterocycles. The quantitative estimate of drug-likeness (QED) is 0.770. The molecule has 0 aromatic carbocycles. The van der Waals surface area contributed by atoms with Crippen molar-refractivity contribution in [3.05, 3.63) is 35.1 Å². The summed E-state index contributed by atoms with van der Waals surface area (Å²) in [5, 5.41) is 10.9. The largest absolute Gasteiger partial charge is 0.347 e. The zero-order valence-electron chi connectivity index (χ0n) is 16.8. The fourth-order valence-electron chi connectivity index (χ4n) is 4.27. The summed E-state index contributed by atoms with van der Waals surface area (Å²) in [5.41, 5.74) is 1.32. The number of anilines is 1. The first-order chi connectivity index (χ1) is 13.5. The molecule has 0 N–H and O–H groups in total. The third kappa shape index (κ3) is 4.19. The second-order valence-corrected chi connectivity index (χ2v) is 9.44. The molecule has 0 atom stereocenters. The number of pyridine rings is 1. The first-order valence-electron chi connectivity index (χ1n) is 10.3. The number of aromatic nitrogens is 3. The average Bonchev–Trinajstić information content (AvgIpc) is 3.21. The van der Waals surface area contributed by atoms with Crippen LogP contribution in [-0.2, 0) is 11.2 Å². The van der Waals surface area contributed by atoms with E-state index in [4.69, 9.17) is 0 Å². The lowest BCUT2D eigenvalue weighted by Gasteiger charge is -2.47. The first-order valence-corrected chi connectivity index (χ1v) is 11.1. The molecule has 150 valence electrons. The normalized spacial score (nSPS) is 19.6. The Labute approximate surface area is 171 Å². The van der Waals surface area contributed by atoms with Gasteiger partial charge in [-0.2, -0.15) is 0 Å². The molecule has 0 radical (unpaired) electrons. The molecule has 0 unspecified atom stereocenters. The van der Waals surface area contributed by atoms with E-state index in [1.54, 1.807) is 11.3 Å². The number of hydrogen-bond donors (Lipinski definition) is 0. The maximum Gasteiger partial charge on any atom is 0.222 e. The molecule has 0 aliphatic carbocycles. The minimum Gasteiger partial charge on any atom is -0.347 e. The SMILES string of the molecule is CC(C)c1nnc(N2CCC3(CCC(=O)N(CCc4ccccn4)C3)CC2)s1. The van der Waals surface area contributed by atoms with Crippen molar-refractivity contribution in [1.29, 1.82) is 0 Å². The molecule has 6 nitrogen and oxygen atoms in total. The number of amides is 1. The van der Waals surface area contributed by atoms with E-state index in [-0.39, 0.29) is 5.41 Å². The highest BCUT2D eigenvalue weighted by Gasteiger charge is 2.41. The van der Waals surface area contributed by atoms with E-state index >= 15 is 0 Å². The highest BCUT2D eigenvalue weighted by molar-refractivity contribution is 7.15. The number of rotatable bonds is 5. The predicted octanol–water partition coefficient (Wildman–Crippen LogP) is 3.51. The van der Waals surface area contributed by atoms with Crippen molar-refractivity contribution in [3.8, 4) is 0 Å². The summed E-state index contributed by atoms with van der Waals surface area (Å²) in [6.45, 7) is 8.00. The smallest absolute Gasteiger partial charge is 0.222 e. The molecule has 0 saturated carbocycles. The van der Waals surface area contributed by atoms with Crippen molar-refractivity contribution in [2.75, 3.05) is 31.1 Å². The molecule has 1 amide bonds. The van der Waals surface area contributed by atoms with Crippen LogP contribution < -0.4 is 4.90 Å². The van der Waals surface area contributed by atoms with Gasteiger partial charge < -0.3 is 9.80 Å². The zero-order valence-corrected chi connectivity index (χ0v) is 17.6. The zero-order chi connectivity index (χ0) is 19.6. The van der Waals surface area contributed by atoms with E-state index in [2.05, 4.69) is 38.8 Å². The standard InChI is InChI=1S/C21H29N5OS/c1-16(2)19-23-24-20(28-19)25-13-9-21(10-14-25)8-6-18(27)26(15-21)12-7-17-5-3-4-11-22-17/h3-5,11,16H,6-10,12-15H2,1-2H3. The maximum atomic E-state index is 12.5. The van der Waals surface area contributed by atoms with E-state index in [0.29, 0.717) is 18.2 Å². The molecule has 0 bridgehead atoms. The Morgan fingerprint density at radius 1 is 1.18 bits per heavy atom. The van der Waals surface area contributed by atoms with E-state index in [1.165, 1.54) is 0 Å². The third-order valence-electron chi connectivity index (χ3n) is 6.13. The molecule has 7 heteroatoms. The summed E-state index contributed by atoms with van der Waals surface area (Å²) in [6.07, 6.45) is 6.60. The van der Waals surface area contributed by atoms with Crippen molar-refractivity contribution in [2.24, 2.45) is 5.41 Å². The monoisotopic (exact) mass is 399 g/mol. The van der Waals surface area contributed by atoms with Gasteiger partial charge in [0.1, 0.15) is 5.01 Å². The molecule has 2 aromatic rings. The molecule has 2 aliphatic heterocycles. The summed E-state index contributed by atoms with van der Waals surface area (Å²) in [6, 6.07) is 5.98. The van der Waals surface area contributed by atoms with Crippen molar-refractivity contribution >= 4 is 22.4 Å². The number of carbonyl (C=O) groups excluding carboxylic acids is 1. The third-order valence-corrected chi connectivity index (χ3v) is 7.42. The summed E-state index contributed by atoms with van der Waals surface area (Å²) >= 11 is 1.72. The summed E-state index contributed by atoms with van der Waals surface area (Å²) in [7, 11) is 0. The minimum atomic E-state index is 0.264. The summed E-state index contributed by atoms with van der Waals surface area (Å²) in [5.74, 6) is 0.731. The molecule has 28 heavy (non-hydrogen) atoms. The average molecular weight is 400 g/mol. The Morgan fingerprint density at radius 3 is 2.68 bits per heavy atom. The molecule has 2 fully saturated rings. The Bertz CT molecular complexity index is 798. The van der Waals surface area contributed by atoms with Crippen molar-refractivity contribution in [2.45, 2.75) is 51.9 Å². The second-order valence-electron chi connectivity index (χ2n) is 8.45. The van der Waals surface area contributed by atoms with Gasteiger partial charge in [0.15, 0.2) is 0 Å². The van der Waals surface area contributed by atoms with E-state index in [0.717, 1.165) is 67.7 Å². The lowest BCUT2D eigenvalue weighted by Crippen LogP contribution is -2.52. The van der Waals surface area contributed by atoms with Crippen LogP contribution >= 0.6 is 11.3 Å². The molecule has 1 spiro atoms. The van der Waals surface area contributed by atoms with Crippen molar-refractivity contribution in [1.82, 2.24) is 20.1 Å². The highest BCUT2D eigenvalue weighted by atomic mass is 32.1. The number of piperidine rings is 2. The Morgan fingerprint density at radius 2 is 2.00 bits per heavy atom. The van der Waals surface area contributed by atoms with Crippen molar-refractivity contribution < 1.29 is 4.79 Å². The highest BCUT2D eigenvalue weighted by Crippen LogP contribution is 2.41. The molecular weight excluding hydrogens is 370 g/mol. The number of carbonyl (C=O) groups is 1. The Kier molecular flexibility index (Phi) is 5.62. The Hall–Kier alpha value is -2.02. The summed E-state index contributed by atoms with van der Waals surface area (Å²) < 4.78 is 0. The van der Waals surface area contributed by atoms with E-state index in [1.807, 2.05) is 24.4 Å². The van der Waals surface area contributed by atoms with Gasteiger partial charge in [0, 0.05) is 56.8 Å². The number of hydrogen-bond acceptors (Lipinski definition) is 6. The fourth-order valence-corrected chi connectivity index (χ4v) is 5.17. The van der Waals surface area contributed by atoms with Crippen LogP contribution in [0.5, 0.6) is 0 Å². The van der Waals surface area contributed by atoms with Crippen LogP contribution in [0.2, 0.25) is 0 Å². The van der Waals surface area contributed by atoms with E-state index < -0.39 is 0 Å². The van der Waals surface area contributed by atoms with Gasteiger partial charge in [0.25, 0.3) is 0 Å². The van der Waals surface area contributed by atoms with Crippen LogP contribution in [0.1, 0.15) is 56.2 Å². The summed E-state index contributed by atoms with van der Waals surface area (Å²) in [4.78, 5) is 21.3. The molecular formula is C21H29N5OS. The minimum absolute atomic E-state index is 0.264. The molecule has 4 rings (SSSR count). The van der Waals surface area contributed by atoms with Gasteiger partial charge in [-0.1, -0.05) is 31.3 Å². The topological polar surface area (TPSA) is 62.2 Å². The number of likely N-dealkylation sites (tertiary alicyclic amines) is 1. The Balaban J connectivity index is 1.35. The van der Waals surface area contributed by atoms with Crippen molar-refractivity contribution in [3.63, 3.8) is 0 Å². The fraction of sp³-hybridized carbons (Fsp3) is 0.619. The van der Waals surface area contributed by atoms with Crippen LogP contribution in [0.3, 0.4) is 0 Å². The van der Waals surface area contributed by atoms with Gasteiger partial charge in [0.2, 0.25) is 11.0 Å². The van der Waals surface area contributed by atoms with Crippen LogP contribution in [0.25, 0.3) is 0 Å². The molecule has 2 aliphatic rings. The van der Waals surface area contributed by atoms with E-state index in [9.17, 15) is 4.79 Å². The van der Waals surface area contributed by atoms with Gasteiger partial charge in [-0.05, 0) is 36.8 Å². The lowest BCUT2D eigenvalue weighted by molar-refractivity contribution is -0.138. The van der Waals surface area contributed by atoms with Gasteiger partial charge in [-0.25, -0.2) is 0 Å². The van der Waals surface area contributed by atoms with Crippen LogP contribution in [0.4, 0.5) is 5.13 Å². The predicted molar refractivity (Wildman–Crippen MR) is 112 cm³/mol. The van der Waals surface area contributed by atoms with Gasteiger partial charge in [-0.15, -0.1) is 10.2 Å². The van der Waals surface area contributed by atoms with Crippen LogP contribution in [0, 0.1) is 5.41 Å². The second kappa shape index (κ2) is 8.15. The first kappa shape index (κ1) is 19.3.